The molecule has 2 amide bonds. The third-order valence-electron chi connectivity index (χ3n) is 4.04. The van der Waals surface area contributed by atoms with E-state index in [0.29, 0.717) is 13.0 Å². The largest absolute Gasteiger partial charge is 0.480 e. The van der Waals surface area contributed by atoms with Crippen LogP contribution < -0.4 is 10.6 Å². The highest BCUT2D eigenvalue weighted by molar-refractivity contribution is 5.84. The second kappa shape index (κ2) is 10.8. The molecule has 0 aliphatic carbocycles. The van der Waals surface area contributed by atoms with E-state index in [0.717, 1.165) is 11.1 Å². The van der Waals surface area contributed by atoms with Gasteiger partial charge >= 0.3 is 5.97 Å². The average Bonchev–Trinajstić information content (AvgIpc) is 2.65. The van der Waals surface area contributed by atoms with Gasteiger partial charge in [-0.25, -0.2) is 4.79 Å². The Morgan fingerprint density at radius 2 is 1.33 bits per heavy atom. The molecule has 27 heavy (non-hydrogen) atoms. The van der Waals surface area contributed by atoms with Gasteiger partial charge in [-0.1, -0.05) is 60.7 Å². The molecule has 6 nitrogen and oxygen atoms in total. The quantitative estimate of drug-likeness (QED) is 0.559. The number of benzene rings is 2. The van der Waals surface area contributed by atoms with Gasteiger partial charge in [0, 0.05) is 6.54 Å². The van der Waals surface area contributed by atoms with Crippen molar-refractivity contribution in [3.05, 3.63) is 71.8 Å². The summed E-state index contributed by atoms with van der Waals surface area (Å²) in [5.74, 6) is -1.52. The van der Waals surface area contributed by atoms with Crippen molar-refractivity contribution in [2.45, 2.75) is 31.7 Å². The number of carboxylic acid groups (broad SMARTS) is 1. The summed E-state index contributed by atoms with van der Waals surface area (Å²) in [4.78, 5) is 35.3. The van der Waals surface area contributed by atoms with Crippen LogP contribution in [-0.4, -0.2) is 35.5 Å². The zero-order chi connectivity index (χ0) is 19.5. The minimum absolute atomic E-state index is 0.110. The topological polar surface area (TPSA) is 95.5 Å². The van der Waals surface area contributed by atoms with E-state index in [2.05, 4.69) is 10.6 Å². The first-order valence-corrected chi connectivity index (χ1v) is 8.91. The predicted molar refractivity (Wildman–Crippen MR) is 102 cm³/mol. The fourth-order valence-electron chi connectivity index (χ4n) is 2.66. The molecule has 2 aromatic carbocycles. The van der Waals surface area contributed by atoms with Gasteiger partial charge in [-0.15, -0.1) is 0 Å². The van der Waals surface area contributed by atoms with Crippen molar-refractivity contribution in [2.24, 2.45) is 0 Å². The molecule has 0 saturated carbocycles. The van der Waals surface area contributed by atoms with Crippen LogP contribution in [0, 0.1) is 0 Å². The summed E-state index contributed by atoms with van der Waals surface area (Å²) in [6.07, 6.45) is 1.14. The lowest BCUT2D eigenvalue weighted by Gasteiger charge is -2.15. The molecule has 1 atom stereocenters. The van der Waals surface area contributed by atoms with Crippen molar-refractivity contribution < 1.29 is 19.5 Å². The summed E-state index contributed by atoms with van der Waals surface area (Å²) >= 11 is 0. The van der Waals surface area contributed by atoms with Crippen LogP contribution in [0.5, 0.6) is 0 Å². The molecule has 3 N–H and O–H groups in total. The van der Waals surface area contributed by atoms with Crippen LogP contribution in [0.4, 0.5) is 0 Å². The molecule has 0 aromatic heterocycles. The smallest absolute Gasteiger partial charge is 0.326 e. The summed E-state index contributed by atoms with van der Waals surface area (Å²) < 4.78 is 0. The Hall–Kier alpha value is -3.15. The van der Waals surface area contributed by atoms with Gasteiger partial charge in [-0.2, -0.15) is 0 Å². The Balaban J connectivity index is 1.70. The maximum Gasteiger partial charge on any atom is 0.326 e. The maximum absolute atomic E-state index is 12.0. The van der Waals surface area contributed by atoms with Crippen molar-refractivity contribution in [2.75, 3.05) is 6.54 Å². The lowest BCUT2D eigenvalue weighted by molar-refractivity contribution is -0.141. The molecule has 6 heteroatoms. The average molecular weight is 368 g/mol. The Morgan fingerprint density at radius 1 is 0.815 bits per heavy atom. The Bertz CT molecular complexity index is 747. The lowest BCUT2D eigenvalue weighted by Crippen LogP contribution is -2.42. The molecule has 2 rings (SSSR count). The molecular weight excluding hydrogens is 344 g/mol. The molecule has 0 bridgehead atoms. The molecule has 2 aromatic rings. The van der Waals surface area contributed by atoms with Crippen LogP contribution in [0.3, 0.4) is 0 Å². The van der Waals surface area contributed by atoms with Crippen molar-refractivity contribution in [3.8, 4) is 0 Å². The van der Waals surface area contributed by atoms with E-state index in [1.54, 1.807) is 0 Å². The van der Waals surface area contributed by atoms with Gasteiger partial charge in [-0.05, 0) is 24.0 Å². The van der Waals surface area contributed by atoms with Crippen LogP contribution in [0.1, 0.15) is 24.0 Å². The van der Waals surface area contributed by atoms with E-state index < -0.39 is 12.0 Å². The Morgan fingerprint density at radius 3 is 1.85 bits per heavy atom. The van der Waals surface area contributed by atoms with Crippen LogP contribution >= 0.6 is 0 Å². The van der Waals surface area contributed by atoms with Gasteiger partial charge in [0.05, 0.1) is 12.8 Å². The number of hydrogen-bond acceptors (Lipinski definition) is 3. The predicted octanol–water partition coefficient (Wildman–Crippen LogP) is 1.94. The van der Waals surface area contributed by atoms with Gasteiger partial charge in [0.2, 0.25) is 11.8 Å². The number of amides is 2. The number of rotatable bonds is 10. The van der Waals surface area contributed by atoms with E-state index >= 15 is 0 Å². The Labute approximate surface area is 158 Å². The highest BCUT2D eigenvalue weighted by Gasteiger charge is 2.19. The summed E-state index contributed by atoms with van der Waals surface area (Å²) in [5, 5.41) is 14.6. The summed E-state index contributed by atoms with van der Waals surface area (Å²) in [7, 11) is 0. The first-order chi connectivity index (χ1) is 13.0. The van der Waals surface area contributed by atoms with Crippen molar-refractivity contribution in [3.63, 3.8) is 0 Å². The summed E-state index contributed by atoms with van der Waals surface area (Å²) in [6.45, 7) is 0.365. The standard InChI is InChI=1S/C21H24N2O4/c24-19(14-16-8-3-1-4-9-16)22-13-7-12-18(21(26)27)23-20(25)15-17-10-5-2-6-11-17/h1-6,8-11,18H,7,12-15H2,(H,22,24)(H,23,25)(H,26,27)/t18-/m1/s1. The minimum Gasteiger partial charge on any atom is -0.480 e. The SMILES string of the molecule is O=C(Cc1ccccc1)NCCC[C@@H](NC(=O)Cc1ccccc1)C(=O)O. The van der Waals surface area contributed by atoms with E-state index in [1.807, 2.05) is 60.7 Å². The number of nitrogens with one attached hydrogen (secondary N) is 2. The number of hydrogen-bond donors (Lipinski definition) is 3. The highest BCUT2D eigenvalue weighted by Crippen LogP contribution is 2.03. The molecule has 142 valence electrons. The zero-order valence-electron chi connectivity index (χ0n) is 15.1. The van der Waals surface area contributed by atoms with Gasteiger partial charge in [0.1, 0.15) is 6.04 Å². The van der Waals surface area contributed by atoms with Crippen molar-refractivity contribution in [1.29, 1.82) is 0 Å². The number of aliphatic carboxylic acids is 1. The zero-order valence-corrected chi connectivity index (χ0v) is 15.1. The number of carboxylic acids is 1. The maximum atomic E-state index is 12.0. The van der Waals surface area contributed by atoms with Gasteiger partial charge in [0.15, 0.2) is 0 Å². The lowest BCUT2D eigenvalue weighted by atomic mass is 10.1. The molecule has 0 saturated heterocycles. The first kappa shape index (κ1) is 20.2. The number of carbonyl (C=O) groups is 3. The van der Waals surface area contributed by atoms with Crippen molar-refractivity contribution in [1.82, 2.24) is 10.6 Å². The van der Waals surface area contributed by atoms with E-state index in [4.69, 9.17) is 0 Å². The van der Waals surface area contributed by atoms with Crippen LogP contribution in [0.25, 0.3) is 0 Å². The fourth-order valence-corrected chi connectivity index (χ4v) is 2.66. The van der Waals surface area contributed by atoms with Crippen LogP contribution in [0.15, 0.2) is 60.7 Å². The molecular formula is C21H24N2O4. The van der Waals surface area contributed by atoms with Gasteiger partial charge in [0.25, 0.3) is 0 Å². The highest BCUT2D eigenvalue weighted by atomic mass is 16.4. The minimum atomic E-state index is -1.08. The second-order valence-corrected chi connectivity index (χ2v) is 6.28. The molecule has 0 radical (unpaired) electrons. The second-order valence-electron chi connectivity index (χ2n) is 6.28. The summed E-state index contributed by atoms with van der Waals surface area (Å²) in [6, 6.07) is 17.6. The van der Waals surface area contributed by atoms with Crippen LogP contribution in [-0.2, 0) is 27.2 Å². The van der Waals surface area contributed by atoms with Crippen molar-refractivity contribution >= 4 is 17.8 Å². The normalized spacial score (nSPS) is 11.4. The third-order valence-corrected chi connectivity index (χ3v) is 4.04. The van der Waals surface area contributed by atoms with Gasteiger partial charge < -0.3 is 15.7 Å². The van der Waals surface area contributed by atoms with E-state index in [-0.39, 0.29) is 31.1 Å². The molecule has 0 aliphatic rings. The van der Waals surface area contributed by atoms with Crippen LogP contribution in [0.2, 0.25) is 0 Å². The first-order valence-electron chi connectivity index (χ1n) is 8.91. The molecule has 0 spiro atoms. The monoisotopic (exact) mass is 368 g/mol. The Kier molecular flexibility index (Phi) is 8.03. The molecule has 0 fully saturated rings. The van der Waals surface area contributed by atoms with E-state index in [9.17, 15) is 19.5 Å². The van der Waals surface area contributed by atoms with E-state index in [1.165, 1.54) is 0 Å². The molecule has 0 heterocycles. The molecule has 0 unspecified atom stereocenters. The van der Waals surface area contributed by atoms with Gasteiger partial charge in [-0.3, -0.25) is 9.59 Å². The number of carbonyl (C=O) groups excluding carboxylic acids is 2. The summed E-state index contributed by atoms with van der Waals surface area (Å²) in [5.41, 5.74) is 1.75. The fraction of sp³-hybridized carbons (Fsp3) is 0.286. The molecule has 0 aliphatic heterocycles. The third kappa shape index (κ3) is 7.73.